The minimum absolute atomic E-state index is 0.0381. The molecule has 1 amide bonds. The molecule has 0 bridgehead atoms. The van der Waals surface area contributed by atoms with E-state index in [1.165, 1.54) is 5.56 Å². The van der Waals surface area contributed by atoms with Gasteiger partial charge in [0.25, 0.3) is 0 Å². The molecule has 4 rings (SSSR count). The minimum atomic E-state index is 0.0381. The van der Waals surface area contributed by atoms with E-state index in [1.54, 1.807) is 6.26 Å². The summed E-state index contributed by atoms with van der Waals surface area (Å²) in [6, 6.07) is 12.1. The Morgan fingerprint density at radius 2 is 1.92 bits per heavy atom. The highest BCUT2D eigenvalue weighted by atomic mass is 16.3. The van der Waals surface area contributed by atoms with Crippen molar-refractivity contribution in [1.29, 1.82) is 0 Å². The summed E-state index contributed by atoms with van der Waals surface area (Å²) in [5.74, 6) is 1.29. The Labute approximate surface area is 148 Å². The van der Waals surface area contributed by atoms with Gasteiger partial charge in [-0.25, -0.2) is 0 Å². The lowest BCUT2D eigenvalue weighted by atomic mass is 10.1. The predicted octanol–water partition coefficient (Wildman–Crippen LogP) is 2.77. The van der Waals surface area contributed by atoms with Gasteiger partial charge >= 0.3 is 0 Å². The molecule has 1 saturated heterocycles. The summed E-state index contributed by atoms with van der Waals surface area (Å²) in [5, 5.41) is 3.03. The van der Waals surface area contributed by atoms with Gasteiger partial charge in [0, 0.05) is 50.2 Å². The lowest BCUT2D eigenvalue weighted by Gasteiger charge is -2.32. The van der Waals surface area contributed by atoms with Crippen molar-refractivity contribution in [3.05, 3.63) is 54.0 Å². The van der Waals surface area contributed by atoms with Crippen LogP contribution < -0.4 is 5.32 Å². The van der Waals surface area contributed by atoms with E-state index >= 15 is 0 Å². The second-order valence-electron chi connectivity index (χ2n) is 7.23. The van der Waals surface area contributed by atoms with E-state index in [4.69, 9.17) is 4.42 Å². The third-order valence-electron chi connectivity index (χ3n) is 5.26. The summed E-state index contributed by atoms with van der Waals surface area (Å²) < 4.78 is 5.39. The second kappa shape index (κ2) is 7.02. The van der Waals surface area contributed by atoms with E-state index in [9.17, 15) is 4.79 Å². The van der Waals surface area contributed by atoms with Gasteiger partial charge in [0.15, 0.2) is 0 Å². The van der Waals surface area contributed by atoms with Crippen molar-refractivity contribution in [2.24, 2.45) is 5.92 Å². The zero-order chi connectivity index (χ0) is 17.2. The van der Waals surface area contributed by atoms with Gasteiger partial charge in [-0.1, -0.05) is 12.1 Å². The van der Waals surface area contributed by atoms with Crippen molar-refractivity contribution < 1.29 is 9.21 Å². The summed E-state index contributed by atoms with van der Waals surface area (Å²) in [7, 11) is 2.17. The molecular formula is C20H25N3O2. The number of nitrogens with one attached hydrogen (secondary N) is 1. The average molecular weight is 339 g/mol. The molecule has 2 atom stereocenters. The van der Waals surface area contributed by atoms with Crippen LogP contribution in [0.1, 0.15) is 23.7 Å². The van der Waals surface area contributed by atoms with E-state index < -0.39 is 0 Å². The molecule has 2 fully saturated rings. The molecule has 25 heavy (non-hydrogen) atoms. The maximum absolute atomic E-state index is 12.3. The first-order valence-electron chi connectivity index (χ1n) is 9.03. The number of anilines is 1. The van der Waals surface area contributed by atoms with Crippen LogP contribution in [-0.2, 0) is 11.3 Å². The number of carbonyl (C=O) groups is 1. The largest absolute Gasteiger partial charge is 0.469 e. The van der Waals surface area contributed by atoms with Gasteiger partial charge in [0.1, 0.15) is 5.76 Å². The van der Waals surface area contributed by atoms with Crippen molar-refractivity contribution in [2.45, 2.75) is 18.9 Å². The summed E-state index contributed by atoms with van der Waals surface area (Å²) in [6.07, 6.45) is 2.54. The van der Waals surface area contributed by atoms with Crippen molar-refractivity contribution >= 4 is 11.6 Å². The number of benzene rings is 1. The SMILES string of the molecule is CN1CCN(Cc2ccc(NC(=O)[C@@H]3C[C@@H]3c3ccco3)cc2)CC1. The third kappa shape index (κ3) is 3.94. The minimum Gasteiger partial charge on any atom is -0.469 e. The number of furan rings is 1. The van der Waals surface area contributed by atoms with Crippen molar-refractivity contribution in [1.82, 2.24) is 9.80 Å². The van der Waals surface area contributed by atoms with Gasteiger partial charge in [-0.3, -0.25) is 9.69 Å². The highest BCUT2D eigenvalue weighted by Gasteiger charge is 2.45. The first-order chi connectivity index (χ1) is 12.2. The predicted molar refractivity (Wildman–Crippen MR) is 97.4 cm³/mol. The lowest BCUT2D eigenvalue weighted by molar-refractivity contribution is -0.117. The van der Waals surface area contributed by atoms with Crippen LogP contribution in [0.5, 0.6) is 0 Å². The van der Waals surface area contributed by atoms with E-state index in [2.05, 4.69) is 34.3 Å². The van der Waals surface area contributed by atoms with E-state index in [1.807, 2.05) is 24.3 Å². The molecule has 2 heterocycles. The molecule has 5 nitrogen and oxygen atoms in total. The van der Waals surface area contributed by atoms with Crippen LogP contribution in [0.25, 0.3) is 0 Å². The van der Waals surface area contributed by atoms with Gasteiger partial charge < -0.3 is 14.6 Å². The number of carbonyl (C=O) groups excluding carboxylic acids is 1. The molecule has 1 aromatic carbocycles. The molecule has 2 aliphatic rings. The zero-order valence-electron chi connectivity index (χ0n) is 14.6. The number of piperazine rings is 1. The van der Waals surface area contributed by atoms with Crippen molar-refractivity contribution in [3.63, 3.8) is 0 Å². The Morgan fingerprint density at radius 3 is 2.60 bits per heavy atom. The highest BCUT2D eigenvalue weighted by Crippen LogP contribution is 2.48. The Bertz CT molecular complexity index is 703. The Hall–Kier alpha value is -2.11. The number of rotatable bonds is 5. The molecule has 0 spiro atoms. The highest BCUT2D eigenvalue weighted by molar-refractivity contribution is 5.95. The Morgan fingerprint density at radius 1 is 1.16 bits per heavy atom. The van der Waals surface area contributed by atoms with Crippen molar-refractivity contribution in [3.8, 4) is 0 Å². The monoisotopic (exact) mass is 339 g/mol. The lowest BCUT2D eigenvalue weighted by Crippen LogP contribution is -2.43. The van der Waals surface area contributed by atoms with Crippen LogP contribution in [0.15, 0.2) is 47.1 Å². The standard InChI is InChI=1S/C20H25N3O2/c1-22-8-10-23(11-9-22)14-15-4-6-16(7-5-15)21-20(24)18-13-17(18)19-3-2-12-25-19/h2-7,12,17-18H,8-11,13-14H2,1H3,(H,21,24)/t17-,18+/m0/s1. The van der Waals surface area contributed by atoms with Gasteiger partial charge in [-0.05, 0) is 43.3 Å². The van der Waals surface area contributed by atoms with Crippen LogP contribution >= 0.6 is 0 Å². The molecular weight excluding hydrogens is 314 g/mol. The molecule has 132 valence electrons. The molecule has 5 heteroatoms. The average Bonchev–Trinajstić information content (AvgIpc) is 3.24. The first kappa shape index (κ1) is 16.4. The second-order valence-corrected chi connectivity index (χ2v) is 7.23. The van der Waals surface area contributed by atoms with Crippen LogP contribution in [0.3, 0.4) is 0 Å². The molecule has 1 aliphatic heterocycles. The summed E-state index contributed by atoms with van der Waals surface area (Å²) in [5.41, 5.74) is 2.17. The zero-order valence-corrected chi connectivity index (χ0v) is 14.6. The van der Waals surface area contributed by atoms with E-state index in [0.29, 0.717) is 0 Å². The van der Waals surface area contributed by atoms with Gasteiger partial charge in [-0.2, -0.15) is 0 Å². The maximum Gasteiger partial charge on any atom is 0.228 e. The fraction of sp³-hybridized carbons (Fsp3) is 0.450. The molecule has 1 aromatic heterocycles. The fourth-order valence-electron chi connectivity index (χ4n) is 3.49. The normalized spacial score (nSPS) is 24.2. The van der Waals surface area contributed by atoms with Crippen LogP contribution in [0, 0.1) is 5.92 Å². The number of amides is 1. The Balaban J connectivity index is 1.28. The van der Waals surface area contributed by atoms with E-state index in [0.717, 1.165) is 50.6 Å². The molecule has 1 saturated carbocycles. The summed E-state index contributed by atoms with van der Waals surface area (Å²) in [4.78, 5) is 17.2. The topological polar surface area (TPSA) is 48.7 Å². The fourth-order valence-corrected chi connectivity index (χ4v) is 3.49. The summed E-state index contributed by atoms with van der Waals surface area (Å²) in [6.45, 7) is 5.47. The number of likely N-dealkylation sites (N-methyl/N-ethyl adjacent to an activating group) is 1. The number of hydrogen-bond acceptors (Lipinski definition) is 4. The van der Waals surface area contributed by atoms with Crippen LogP contribution in [0.4, 0.5) is 5.69 Å². The third-order valence-corrected chi connectivity index (χ3v) is 5.26. The number of hydrogen-bond donors (Lipinski definition) is 1. The van der Waals surface area contributed by atoms with Crippen LogP contribution in [-0.4, -0.2) is 48.9 Å². The summed E-state index contributed by atoms with van der Waals surface area (Å²) >= 11 is 0. The van der Waals surface area contributed by atoms with Gasteiger partial charge in [-0.15, -0.1) is 0 Å². The maximum atomic E-state index is 12.3. The number of nitrogens with zero attached hydrogens (tertiary/aromatic N) is 2. The smallest absolute Gasteiger partial charge is 0.228 e. The Kier molecular flexibility index (Phi) is 4.59. The quantitative estimate of drug-likeness (QED) is 0.910. The van der Waals surface area contributed by atoms with Crippen LogP contribution in [0.2, 0.25) is 0 Å². The first-order valence-corrected chi connectivity index (χ1v) is 9.03. The molecule has 0 radical (unpaired) electrons. The van der Waals surface area contributed by atoms with Crippen molar-refractivity contribution in [2.75, 3.05) is 38.5 Å². The van der Waals surface area contributed by atoms with Gasteiger partial charge in [0.2, 0.25) is 5.91 Å². The molecule has 0 unspecified atom stereocenters. The van der Waals surface area contributed by atoms with Gasteiger partial charge in [0.05, 0.1) is 6.26 Å². The molecule has 1 N–H and O–H groups in total. The van der Waals surface area contributed by atoms with E-state index in [-0.39, 0.29) is 17.7 Å². The molecule has 1 aliphatic carbocycles. The molecule has 2 aromatic rings.